The summed E-state index contributed by atoms with van der Waals surface area (Å²) in [7, 11) is 0. The Kier molecular flexibility index (Phi) is 19.2. The van der Waals surface area contributed by atoms with Gasteiger partial charge in [0.1, 0.15) is 24.4 Å². The Bertz CT molecular complexity index is 1150. The van der Waals surface area contributed by atoms with E-state index >= 15 is 0 Å². The zero-order valence-electron chi connectivity index (χ0n) is 28.8. The van der Waals surface area contributed by atoms with Gasteiger partial charge >= 0.3 is 0 Å². The summed E-state index contributed by atoms with van der Waals surface area (Å²) >= 11 is 0. The summed E-state index contributed by atoms with van der Waals surface area (Å²) < 4.78 is 0. The Labute approximate surface area is 279 Å². The molecule has 6 atom stereocenters. The van der Waals surface area contributed by atoms with E-state index in [9.17, 15) is 28.8 Å². The molecule has 13 heteroatoms. The maximum atomic E-state index is 13.4. The lowest BCUT2D eigenvalue weighted by Crippen LogP contribution is -2.58. The fourth-order valence-electron chi connectivity index (χ4n) is 4.78. The van der Waals surface area contributed by atoms with Gasteiger partial charge in [-0.1, -0.05) is 84.7 Å². The fraction of sp³-hybridized carbons (Fsp3) is 0.647. The zero-order chi connectivity index (χ0) is 35.5. The Morgan fingerprint density at radius 1 is 0.809 bits per heavy atom. The summed E-state index contributed by atoms with van der Waals surface area (Å²) in [5.41, 5.74) is 12.4. The predicted octanol–water partition coefficient (Wildman–Crippen LogP) is 0.688. The van der Waals surface area contributed by atoms with Crippen LogP contribution in [0.4, 0.5) is 0 Å². The van der Waals surface area contributed by atoms with E-state index in [1.54, 1.807) is 13.8 Å². The minimum absolute atomic E-state index is 0.0122. The number of aldehydes is 1. The number of unbranched alkanes of at least 4 members (excludes halogenated alkanes) is 1. The van der Waals surface area contributed by atoms with Crippen LogP contribution in [-0.4, -0.2) is 79.1 Å². The number of benzene rings is 1. The molecule has 0 unspecified atom stereocenters. The van der Waals surface area contributed by atoms with Crippen LogP contribution in [0, 0.1) is 17.8 Å². The summed E-state index contributed by atoms with van der Waals surface area (Å²) in [6.45, 7) is 11.1. The van der Waals surface area contributed by atoms with E-state index in [1.165, 1.54) is 0 Å². The highest BCUT2D eigenvalue weighted by molar-refractivity contribution is 5.95. The second kappa shape index (κ2) is 21.9. The number of nitrogens with two attached hydrogens (primary N) is 2. The van der Waals surface area contributed by atoms with Crippen LogP contribution in [0.15, 0.2) is 30.3 Å². The van der Waals surface area contributed by atoms with Crippen molar-refractivity contribution in [3.05, 3.63) is 35.9 Å². The molecule has 1 aromatic rings. The number of hydrogen-bond acceptors (Lipinski definition) is 8. The van der Waals surface area contributed by atoms with Crippen LogP contribution in [-0.2, 0) is 35.2 Å². The van der Waals surface area contributed by atoms with Gasteiger partial charge in [0, 0.05) is 6.42 Å². The molecule has 0 saturated carbocycles. The van der Waals surface area contributed by atoms with Crippen molar-refractivity contribution in [3.63, 3.8) is 0 Å². The lowest BCUT2D eigenvalue weighted by atomic mass is 9.96. The molecule has 0 aliphatic heterocycles. The molecule has 0 radical (unpaired) electrons. The molecule has 1 aromatic carbocycles. The minimum Gasteiger partial charge on any atom is -0.345 e. The summed E-state index contributed by atoms with van der Waals surface area (Å²) in [6, 6.07) is 4.66. The molecule has 47 heavy (non-hydrogen) atoms. The normalized spacial score (nSPS) is 15.0. The Balaban J connectivity index is 2.98. The van der Waals surface area contributed by atoms with Gasteiger partial charge in [-0.2, -0.15) is 0 Å². The smallest absolute Gasteiger partial charge is 0.243 e. The minimum atomic E-state index is -1.00. The van der Waals surface area contributed by atoms with Crippen molar-refractivity contribution in [2.45, 2.75) is 110 Å². The molecule has 0 fully saturated rings. The molecule has 264 valence electrons. The first-order chi connectivity index (χ1) is 22.2. The molecule has 0 aliphatic rings. The molecule has 13 nitrogen and oxygen atoms in total. The van der Waals surface area contributed by atoms with E-state index in [4.69, 9.17) is 11.5 Å². The van der Waals surface area contributed by atoms with Gasteiger partial charge < -0.3 is 42.8 Å². The molecule has 0 heterocycles. The van der Waals surface area contributed by atoms with E-state index in [2.05, 4.69) is 26.6 Å². The number of carbonyl (C=O) groups is 6. The lowest BCUT2D eigenvalue weighted by molar-refractivity contribution is -0.134. The number of hydrogen-bond donors (Lipinski definition) is 7. The molecule has 9 N–H and O–H groups in total. The van der Waals surface area contributed by atoms with Gasteiger partial charge in [0.15, 0.2) is 0 Å². The van der Waals surface area contributed by atoms with Crippen LogP contribution in [0.3, 0.4) is 0 Å². The first kappa shape index (κ1) is 41.2. The van der Waals surface area contributed by atoms with Gasteiger partial charge in [-0.3, -0.25) is 24.0 Å². The molecule has 1 rings (SSSR count). The van der Waals surface area contributed by atoms with E-state index in [-0.39, 0.29) is 30.6 Å². The van der Waals surface area contributed by atoms with Crippen LogP contribution < -0.4 is 38.1 Å². The van der Waals surface area contributed by atoms with Crippen molar-refractivity contribution in [3.8, 4) is 0 Å². The van der Waals surface area contributed by atoms with Crippen LogP contribution >= 0.6 is 0 Å². The number of nitrogens with one attached hydrogen (secondary N) is 5. The second-order valence-corrected chi connectivity index (χ2v) is 12.9. The summed E-state index contributed by atoms with van der Waals surface area (Å²) in [4.78, 5) is 77.1. The van der Waals surface area contributed by atoms with Gasteiger partial charge in [0.2, 0.25) is 29.5 Å². The van der Waals surface area contributed by atoms with Crippen LogP contribution in [0.5, 0.6) is 0 Å². The Morgan fingerprint density at radius 2 is 1.47 bits per heavy atom. The van der Waals surface area contributed by atoms with E-state index in [0.717, 1.165) is 12.0 Å². The van der Waals surface area contributed by atoms with Crippen molar-refractivity contribution >= 4 is 35.8 Å². The quantitative estimate of drug-likeness (QED) is 0.0693. The standard InChI is InChI=1S/C34H57N7O6/c1-7-23(6)30(41-31(44)25(36)15-11-12-16-35)34(47)39-26(17-21(2)3)32(45)37-19-29(43)38-27(18-24-13-9-8-10-14-24)33(46)40-28(20-42)22(4)5/h8-10,13-14,20-23,25-28,30H,7,11-12,15-19,35-36H2,1-6H3,(H,37,45)(H,38,43)(H,39,47)(H,40,46)(H,41,44)/t23-,25-,26-,27-,28+,30-/m0/s1. The van der Waals surface area contributed by atoms with Crippen molar-refractivity contribution in [2.24, 2.45) is 29.2 Å². The third-order valence-corrected chi connectivity index (χ3v) is 7.97. The van der Waals surface area contributed by atoms with Crippen LogP contribution in [0.25, 0.3) is 0 Å². The van der Waals surface area contributed by atoms with Gasteiger partial charge in [-0.15, -0.1) is 0 Å². The Morgan fingerprint density at radius 3 is 2.02 bits per heavy atom. The van der Waals surface area contributed by atoms with E-state index < -0.39 is 66.3 Å². The van der Waals surface area contributed by atoms with Gasteiger partial charge in [0.05, 0.1) is 18.6 Å². The van der Waals surface area contributed by atoms with Crippen molar-refractivity contribution in [1.29, 1.82) is 0 Å². The summed E-state index contributed by atoms with van der Waals surface area (Å²) in [6.07, 6.45) is 3.54. The number of carbonyl (C=O) groups excluding carboxylic acids is 6. The predicted molar refractivity (Wildman–Crippen MR) is 182 cm³/mol. The first-order valence-corrected chi connectivity index (χ1v) is 16.7. The molecule has 0 aliphatic carbocycles. The van der Waals surface area contributed by atoms with Crippen LogP contribution in [0.2, 0.25) is 0 Å². The molecule has 0 saturated heterocycles. The van der Waals surface area contributed by atoms with Crippen molar-refractivity contribution < 1.29 is 28.8 Å². The number of amides is 5. The SMILES string of the molecule is CC[C@H](C)[C@H](NC(=O)[C@@H](N)CCCCN)C(=O)N[C@@H](CC(C)C)C(=O)NCC(=O)N[C@@H](Cc1ccccc1)C(=O)N[C@H](C=O)C(C)C. The number of rotatable bonds is 22. The topological polar surface area (TPSA) is 215 Å². The molecule has 0 spiro atoms. The lowest BCUT2D eigenvalue weighted by Gasteiger charge is -2.28. The maximum Gasteiger partial charge on any atom is 0.243 e. The largest absolute Gasteiger partial charge is 0.345 e. The van der Waals surface area contributed by atoms with E-state index in [1.807, 2.05) is 58.0 Å². The van der Waals surface area contributed by atoms with Crippen molar-refractivity contribution in [2.75, 3.05) is 13.1 Å². The highest BCUT2D eigenvalue weighted by Gasteiger charge is 2.32. The molecular formula is C34H57N7O6. The average Bonchev–Trinajstić information content (AvgIpc) is 3.03. The van der Waals surface area contributed by atoms with Gasteiger partial charge in [-0.05, 0) is 49.1 Å². The highest BCUT2D eigenvalue weighted by Crippen LogP contribution is 2.12. The molecule has 0 bridgehead atoms. The molecular weight excluding hydrogens is 602 g/mol. The Hall–Kier alpha value is -3.84. The van der Waals surface area contributed by atoms with Crippen LogP contribution in [0.1, 0.15) is 79.2 Å². The third kappa shape index (κ3) is 15.5. The second-order valence-electron chi connectivity index (χ2n) is 12.9. The van der Waals surface area contributed by atoms with Gasteiger partial charge in [-0.25, -0.2) is 0 Å². The van der Waals surface area contributed by atoms with Gasteiger partial charge in [0.25, 0.3) is 0 Å². The zero-order valence-corrected chi connectivity index (χ0v) is 28.8. The fourth-order valence-corrected chi connectivity index (χ4v) is 4.78. The molecule has 5 amide bonds. The average molecular weight is 660 g/mol. The summed E-state index contributed by atoms with van der Waals surface area (Å²) in [5.74, 6) is -3.09. The monoisotopic (exact) mass is 659 g/mol. The first-order valence-electron chi connectivity index (χ1n) is 16.7. The van der Waals surface area contributed by atoms with Crippen molar-refractivity contribution in [1.82, 2.24) is 26.6 Å². The highest BCUT2D eigenvalue weighted by atomic mass is 16.2. The van der Waals surface area contributed by atoms with E-state index in [0.29, 0.717) is 32.1 Å². The third-order valence-electron chi connectivity index (χ3n) is 7.97. The summed E-state index contributed by atoms with van der Waals surface area (Å²) in [5, 5.41) is 13.4. The maximum absolute atomic E-state index is 13.4. The molecule has 0 aromatic heterocycles.